The number of hydrogen-bond donors (Lipinski definition) is 0. The van der Waals surface area contributed by atoms with Crippen molar-refractivity contribution in [2.45, 2.75) is 46.6 Å². The van der Waals surface area contributed by atoms with E-state index in [0.29, 0.717) is 17.7 Å². The maximum atomic E-state index is 12.7. The Kier molecular flexibility index (Phi) is 5.31. The molecular weight excluding hydrogens is 298 g/mol. The summed E-state index contributed by atoms with van der Waals surface area (Å²) in [4.78, 5) is 24.7. The van der Waals surface area contributed by atoms with E-state index in [1.165, 1.54) is 10.9 Å². The van der Waals surface area contributed by atoms with E-state index in [1.807, 2.05) is 13.8 Å². The first kappa shape index (κ1) is 16.9. The minimum atomic E-state index is -0.582. The molecule has 0 N–H and O–H groups in total. The Morgan fingerprint density at radius 1 is 1.39 bits per heavy atom. The van der Waals surface area contributed by atoms with Crippen LogP contribution in [0.15, 0.2) is 21.6 Å². The third-order valence-electron chi connectivity index (χ3n) is 3.79. The highest BCUT2D eigenvalue weighted by molar-refractivity contribution is 5.77. The highest BCUT2D eigenvalue weighted by atomic mass is 16.5. The van der Waals surface area contributed by atoms with Crippen molar-refractivity contribution in [3.63, 3.8) is 0 Å². The minimum absolute atomic E-state index is 0.257. The van der Waals surface area contributed by atoms with Crippen molar-refractivity contribution in [1.82, 2.24) is 14.9 Å². The van der Waals surface area contributed by atoms with Crippen LogP contribution < -0.4 is 5.56 Å². The van der Waals surface area contributed by atoms with Gasteiger partial charge in [-0.05, 0) is 33.3 Å². The first-order chi connectivity index (χ1) is 11.0. The predicted molar refractivity (Wildman–Crippen MR) is 83.2 cm³/mol. The van der Waals surface area contributed by atoms with E-state index in [2.05, 4.69) is 10.3 Å². The zero-order chi connectivity index (χ0) is 17.0. The van der Waals surface area contributed by atoms with Gasteiger partial charge in [0.1, 0.15) is 5.76 Å². The van der Waals surface area contributed by atoms with Crippen molar-refractivity contribution in [1.29, 1.82) is 0 Å². The van der Waals surface area contributed by atoms with Crippen LogP contribution in [0.25, 0.3) is 0 Å². The molecule has 0 spiro atoms. The number of esters is 1. The fourth-order valence-corrected chi connectivity index (χ4v) is 2.48. The number of carbonyl (C=O) groups is 1. The molecule has 0 aliphatic rings. The van der Waals surface area contributed by atoms with E-state index in [-0.39, 0.29) is 24.7 Å². The van der Waals surface area contributed by atoms with Crippen molar-refractivity contribution in [2.75, 3.05) is 6.61 Å². The van der Waals surface area contributed by atoms with Crippen LogP contribution in [0.3, 0.4) is 0 Å². The molecule has 0 aliphatic carbocycles. The molecule has 7 nitrogen and oxygen atoms in total. The van der Waals surface area contributed by atoms with E-state index < -0.39 is 5.92 Å². The highest BCUT2D eigenvalue weighted by Gasteiger charge is 2.24. The SMILES string of the molecule is CCOC(=O)C(CC)c1ccnn(Cc2c(C)noc2C)c1=O. The van der Waals surface area contributed by atoms with Crippen LogP contribution >= 0.6 is 0 Å². The maximum Gasteiger partial charge on any atom is 0.313 e. The van der Waals surface area contributed by atoms with Gasteiger partial charge in [0.05, 0.1) is 24.8 Å². The predicted octanol–water partition coefficient (Wildman–Crippen LogP) is 1.95. The van der Waals surface area contributed by atoms with Gasteiger partial charge in [0.15, 0.2) is 0 Å². The van der Waals surface area contributed by atoms with Gasteiger partial charge in [0.2, 0.25) is 0 Å². The van der Waals surface area contributed by atoms with Gasteiger partial charge in [0, 0.05) is 17.3 Å². The third-order valence-corrected chi connectivity index (χ3v) is 3.79. The first-order valence-electron chi connectivity index (χ1n) is 7.63. The van der Waals surface area contributed by atoms with Crippen molar-refractivity contribution in [2.24, 2.45) is 0 Å². The van der Waals surface area contributed by atoms with Crippen LogP contribution in [-0.4, -0.2) is 27.5 Å². The molecule has 23 heavy (non-hydrogen) atoms. The molecule has 0 amide bonds. The molecule has 2 aromatic heterocycles. The molecule has 1 unspecified atom stereocenters. The molecule has 2 aromatic rings. The Bertz CT molecular complexity index is 729. The fraction of sp³-hybridized carbons (Fsp3) is 0.500. The van der Waals surface area contributed by atoms with Gasteiger partial charge in [-0.25, -0.2) is 4.68 Å². The average Bonchev–Trinajstić information content (AvgIpc) is 2.83. The number of ether oxygens (including phenoxy) is 1. The lowest BCUT2D eigenvalue weighted by atomic mass is 9.98. The normalized spacial score (nSPS) is 12.2. The van der Waals surface area contributed by atoms with Gasteiger partial charge in [-0.3, -0.25) is 9.59 Å². The monoisotopic (exact) mass is 319 g/mol. The molecule has 1 atom stereocenters. The molecule has 0 saturated heterocycles. The number of hydrogen-bond acceptors (Lipinski definition) is 6. The van der Waals surface area contributed by atoms with Crippen molar-refractivity contribution in [3.05, 3.63) is 45.2 Å². The molecule has 0 aliphatic heterocycles. The summed E-state index contributed by atoms with van der Waals surface area (Å²) in [5.41, 5.74) is 1.64. The topological polar surface area (TPSA) is 87.2 Å². The Hall–Kier alpha value is -2.44. The van der Waals surface area contributed by atoms with E-state index in [0.717, 1.165) is 11.3 Å². The zero-order valence-electron chi connectivity index (χ0n) is 13.8. The van der Waals surface area contributed by atoms with Crippen molar-refractivity contribution in [3.8, 4) is 0 Å². The molecule has 0 aromatic carbocycles. The summed E-state index contributed by atoms with van der Waals surface area (Å²) in [6.07, 6.45) is 2.01. The average molecular weight is 319 g/mol. The zero-order valence-corrected chi connectivity index (χ0v) is 13.8. The lowest BCUT2D eigenvalue weighted by Gasteiger charge is -2.14. The third kappa shape index (κ3) is 3.49. The molecule has 7 heteroatoms. The second kappa shape index (κ2) is 7.21. The fourth-order valence-electron chi connectivity index (χ4n) is 2.48. The number of aryl methyl sites for hydroxylation is 2. The summed E-state index contributed by atoms with van der Waals surface area (Å²) in [6, 6.07) is 1.58. The van der Waals surface area contributed by atoms with E-state index in [4.69, 9.17) is 9.26 Å². The highest BCUT2D eigenvalue weighted by Crippen LogP contribution is 2.18. The van der Waals surface area contributed by atoms with Gasteiger partial charge in [-0.1, -0.05) is 12.1 Å². The Labute approximate surface area is 134 Å². The molecule has 0 radical (unpaired) electrons. The smallest absolute Gasteiger partial charge is 0.313 e. The summed E-state index contributed by atoms with van der Waals surface area (Å²) in [5.74, 6) is -0.317. The molecule has 0 fully saturated rings. The molecule has 0 saturated carbocycles. The van der Waals surface area contributed by atoms with Crippen LogP contribution in [0.5, 0.6) is 0 Å². The van der Waals surface area contributed by atoms with Crippen molar-refractivity contribution < 1.29 is 14.1 Å². The van der Waals surface area contributed by atoms with Crippen LogP contribution in [0.4, 0.5) is 0 Å². The second-order valence-corrected chi connectivity index (χ2v) is 5.26. The molecule has 124 valence electrons. The summed E-state index contributed by atoms with van der Waals surface area (Å²) in [5, 5.41) is 7.98. The van der Waals surface area contributed by atoms with Crippen LogP contribution in [-0.2, 0) is 16.1 Å². The second-order valence-electron chi connectivity index (χ2n) is 5.26. The maximum absolute atomic E-state index is 12.7. The van der Waals surface area contributed by atoms with Gasteiger partial charge < -0.3 is 9.26 Å². The molecule has 0 bridgehead atoms. The van der Waals surface area contributed by atoms with E-state index >= 15 is 0 Å². The van der Waals surface area contributed by atoms with Crippen LogP contribution in [0.1, 0.15) is 48.8 Å². The molecule has 2 rings (SSSR count). The summed E-state index contributed by atoms with van der Waals surface area (Å²) < 4.78 is 11.5. The van der Waals surface area contributed by atoms with Gasteiger partial charge >= 0.3 is 5.97 Å². The Morgan fingerprint density at radius 3 is 2.70 bits per heavy atom. The van der Waals surface area contributed by atoms with Crippen LogP contribution in [0, 0.1) is 13.8 Å². The first-order valence-corrected chi connectivity index (χ1v) is 7.63. The summed E-state index contributed by atoms with van der Waals surface area (Å²) in [7, 11) is 0. The summed E-state index contributed by atoms with van der Waals surface area (Å²) >= 11 is 0. The van der Waals surface area contributed by atoms with Crippen molar-refractivity contribution >= 4 is 5.97 Å². The number of rotatable bonds is 6. The lowest BCUT2D eigenvalue weighted by Crippen LogP contribution is -2.30. The number of nitrogens with zero attached hydrogens (tertiary/aromatic N) is 3. The number of carbonyl (C=O) groups excluding carboxylic acids is 1. The van der Waals surface area contributed by atoms with Gasteiger partial charge in [-0.15, -0.1) is 0 Å². The molecular formula is C16H21N3O4. The standard InChI is InChI=1S/C16H21N3O4/c1-5-12(16(21)22-6-2)13-7-8-17-19(15(13)20)9-14-10(3)18-23-11(14)4/h7-8,12H,5-6,9H2,1-4H3. The Morgan fingerprint density at radius 2 is 2.13 bits per heavy atom. The Balaban J connectivity index is 2.38. The van der Waals surface area contributed by atoms with E-state index in [1.54, 1.807) is 19.9 Å². The quantitative estimate of drug-likeness (QED) is 0.756. The lowest BCUT2D eigenvalue weighted by molar-refractivity contribution is -0.145. The van der Waals surface area contributed by atoms with Gasteiger partial charge in [-0.2, -0.15) is 5.10 Å². The van der Waals surface area contributed by atoms with Gasteiger partial charge in [0.25, 0.3) is 5.56 Å². The molecule has 2 heterocycles. The minimum Gasteiger partial charge on any atom is -0.466 e. The summed E-state index contributed by atoms with van der Waals surface area (Å²) in [6.45, 7) is 7.74. The van der Waals surface area contributed by atoms with Crippen LogP contribution in [0.2, 0.25) is 0 Å². The largest absolute Gasteiger partial charge is 0.466 e. The number of aromatic nitrogens is 3. The van der Waals surface area contributed by atoms with E-state index in [9.17, 15) is 9.59 Å².